The summed E-state index contributed by atoms with van der Waals surface area (Å²) in [6.45, 7) is 2.18. The van der Waals surface area contributed by atoms with Gasteiger partial charge in [0.25, 0.3) is 0 Å². The molecule has 15 heavy (non-hydrogen) atoms. The van der Waals surface area contributed by atoms with Gasteiger partial charge in [0.05, 0.1) is 0 Å². The highest BCUT2D eigenvalue weighted by Gasteiger charge is 2.27. The van der Waals surface area contributed by atoms with Gasteiger partial charge in [-0.25, -0.2) is 0 Å². The number of fused-ring (bicyclic) bond motifs is 2. The van der Waals surface area contributed by atoms with Gasteiger partial charge in [-0.1, -0.05) is 35.9 Å². The normalized spacial score (nSPS) is 27.9. The summed E-state index contributed by atoms with van der Waals surface area (Å²) in [4.78, 5) is 2.87. The van der Waals surface area contributed by atoms with Gasteiger partial charge in [0, 0.05) is 20.3 Å². The minimum absolute atomic E-state index is 0.619. The molecule has 3 rings (SSSR count). The molecule has 0 bridgehead atoms. The third-order valence-electron chi connectivity index (χ3n) is 2.68. The summed E-state index contributed by atoms with van der Waals surface area (Å²) < 4.78 is 0. The molecule has 2 aliphatic rings. The molecule has 1 aromatic carbocycles. The lowest BCUT2D eigenvalue weighted by Gasteiger charge is -2.30. The summed E-state index contributed by atoms with van der Waals surface area (Å²) in [5, 5.41) is 1.24. The molecule has 0 saturated carbocycles. The third-order valence-corrected chi connectivity index (χ3v) is 5.62. The largest absolute Gasteiger partial charge is 0.116 e. The van der Waals surface area contributed by atoms with Gasteiger partial charge in [-0.15, -0.1) is 23.5 Å². The van der Waals surface area contributed by atoms with Crippen LogP contribution in [0.2, 0.25) is 0 Å². The zero-order chi connectivity index (χ0) is 10.3. The van der Waals surface area contributed by atoms with Crippen LogP contribution in [0.3, 0.4) is 0 Å². The summed E-state index contributed by atoms with van der Waals surface area (Å²) in [6.07, 6.45) is 6.97. The molecule has 0 aromatic heterocycles. The zero-order valence-corrected chi connectivity index (χ0v) is 10.1. The molecular formula is C13H12S2. The first-order valence-corrected chi connectivity index (χ1v) is 6.88. The standard InChI is InChI=1S/C13H12S2/c1-9-6-7-12-13(8-9)15-11-5-3-2-4-10(11)14-12/h2-8,12-13H,1H3. The Balaban J connectivity index is 1.98. The van der Waals surface area contributed by atoms with E-state index in [1.807, 2.05) is 23.5 Å². The maximum Gasteiger partial charge on any atom is 0.0438 e. The second-order valence-corrected chi connectivity index (χ2v) is 6.32. The summed E-state index contributed by atoms with van der Waals surface area (Å²) in [5.41, 5.74) is 1.39. The van der Waals surface area contributed by atoms with Crippen LogP contribution in [0.5, 0.6) is 0 Å². The van der Waals surface area contributed by atoms with Crippen molar-refractivity contribution in [3.8, 4) is 0 Å². The van der Waals surface area contributed by atoms with Gasteiger partial charge >= 0.3 is 0 Å². The van der Waals surface area contributed by atoms with Crippen LogP contribution in [0.4, 0.5) is 0 Å². The minimum atomic E-state index is 0.619. The van der Waals surface area contributed by atoms with Crippen LogP contribution in [0, 0.1) is 0 Å². The molecule has 0 fully saturated rings. The van der Waals surface area contributed by atoms with Gasteiger partial charge in [0.2, 0.25) is 0 Å². The van der Waals surface area contributed by atoms with Gasteiger partial charge in [-0.3, -0.25) is 0 Å². The quantitative estimate of drug-likeness (QED) is 0.659. The minimum Gasteiger partial charge on any atom is -0.116 e. The summed E-state index contributed by atoms with van der Waals surface area (Å²) in [5.74, 6) is 0. The second kappa shape index (κ2) is 3.76. The van der Waals surface area contributed by atoms with Crippen LogP contribution in [-0.2, 0) is 0 Å². The Hall–Kier alpha value is -0.600. The second-order valence-electron chi connectivity index (χ2n) is 3.88. The smallest absolute Gasteiger partial charge is 0.0438 e. The first-order valence-electron chi connectivity index (χ1n) is 5.12. The Morgan fingerprint density at radius 2 is 1.67 bits per heavy atom. The average molecular weight is 232 g/mol. The van der Waals surface area contributed by atoms with Crippen LogP contribution in [0.15, 0.2) is 57.9 Å². The Labute approximate surface area is 98.8 Å². The van der Waals surface area contributed by atoms with Crippen molar-refractivity contribution in [3.63, 3.8) is 0 Å². The highest BCUT2D eigenvalue weighted by atomic mass is 32.2. The van der Waals surface area contributed by atoms with Gasteiger partial charge in [0.1, 0.15) is 0 Å². The van der Waals surface area contributed by atoms with Crippen molar-refractivity contribution in [1.29, 1.82) is 0 Å². The first-order chi connectivity index (χ1) is 7.33. The SMILES string of the molecule is CC1=CC2Sc3ccccc3SC2C=C1. The van der Waals surface area contributed by atoms with Crippen LogP contribution in [0.25, 0.3) is 0 Å². The Kier molecular flexibility index (Phi) is 2.41. The van der Waals surface area contributed by atoms with E-state index in [-0.39, 0.29) is 0 Å². The number of rotatable bonds is 0. The number of hydrogen-bond donors (Lipinski definition) is 0. The highest BCUT2D eigenvalue weighted by Crippen LogP contribution is 2.47. The highest BCUT2D eigenvalue weighted by molar-refractivity contribution is 8.06. The maximum absolute atomic E-state index is 2.39. The van der Waals surface area contributed by atoms with E-state index in [9.17, 15) is 0 Å². The lowest BCUT2D eigenvalue weighted by atomic mass is 10.1. The van der Waals surface area contributed by atoms with Crippen molar-refractivity contribution >= 4 is 23.5 Å². The summed E-state index contributed by atoms with van der Waals surface area (Å²) in [7, 11) is 0. The Bertz CT molecular complexity index is 446. The molecule has 0 N–H and O–H groups in total. The van der Waals surface area contributed by atoms with Gasteiger partial charge in [-0.05, 0) is 19.1 Å². The van der Waals surface area contributed by atoms with Crippen LogP contribution in [0.1, 0.15) is 6.92 Å². The van der Waals surface area contributed by atoms with Crippen LogP contribution in [-0.4, -0.2) is 10.5 Å². The average Bonchev–Trinajstić information content (AvgIpc) is 2.26. The fourth-order valence-corrected chi connectivity index (χ4v) is 4.68. The fraction of sp³-hybridized carbons (Fsp3) is 0.231. The molecule has 0 radical (unpaired) electrons. The first kappa shape index (κ1) is 9.61. The van der Waals surface area contributed by atoms with Crippen LogP contribution >= 0.6 is 23.5 Å². The van der Waals surface area contributed by atoms with Crippen molar-refractivity contribution in [1.82, 2.24) is 0 Å². The van der Waals surface area contributed by atoms with E-state index < -0.39 is 0 Å². The topological polar surface area (TPSA) is 0 Å². The van der Waals surface area contributed by atoms with Crippen molar-refractivity contribution in [2.75, 3.05) is 0 Å². The zero-order valence-electron chi connectivity index (χ0n) is 8.51. The molecule has 0 nitrogen and oxygen atoms in total. The molecule has 2 unspecified atom stereocenters. The van der Waals surface area contributed by atoms with Gasteiger partial charge in [0.15, 0.2) is 0 Å². The molecule has 2 heteroatoms. The van der Waals surface area contributed by atoms with E-state index in [0.717, 1.165) is 0 Å². The van der Waals surface area contributed by atoms with Gasteiger partial charge < -0.3 is 0 Å². The number of benzene rings is 1. The number of allylic oxidation sites excluding steroid dienone is 2. The fourth-order valence-electron chi connectivity index (χ4n) is 1.91. The van der Waals surface area contributed by atoms with Crippen molar-refractivity contribution in [3.05, 3.63) is 48.1 Å². The molecule has 0 saturated heterocycles. The third kappa shape index (κ3) is 1.77. The van der Waals surface area contributed by atoms with E-state index >= 15 is 0 Å². The number of thioether (sulfide) groups is 2. The molecule has 0 amide bonds. The monoisotopic (exact) mass is 232 g/mol. The van der Waals surface area contributed by atoms with Crippen LogP contribution < -0.4 is 0 Å². The summed E-state index contributed by atoms with van der Waals surface area (Å²) >= 11 is 3.99. The van der Waals surface area contributed by atoms with Crippen molar-refractivity contribution in [2.24, 2.45) is 0 Å². The van der Waals surface area contributed by atoms with E-state index in [0.29, 0.717) is 10.5 Å². The molecule has 0 spiro atoms. The molecule has 1 aromatic rings. The molecule has 2 atom stereocenters. The molecular weight excluding hydrogens is 220 g/mol. The molecule has 1 aliphatic heterocycles. The van der Waals surface area contributed by atoms with Gasteiger partial charge in [-0.2, -0.15) is 0 Å². The lowest BCUT2D eigenvalue weighted by molar-refractivity contribution is 1.02. The van der Waals surface area contributed by atoms with Crippen molar-refractivity contribution < 1.29 is 0 Å². The van der Waals surface area contributed by atoms with E-state index in [1.165, 1.54) is 15.4 Å². The predicted octanol–water partition coefficient (Wildman–Crippen LogP) is 4.14. The van der Waals surface area contributed by atoms with E-state index in [1.54, 1.807) is 0 Å². The predicted molar refractivity (Wildman–Crippen MR) is 68.6 cm³/mol. The van der Waals surface area contributed by atoms with E-state index in [2.05, 4.69) is 49.4 Å². The molecule has 1 heterocycles. The Morgan fingerprint density at radius 1 is 1.00 bits per heavy atom. The van der Waals surface area contributed by atoms with Crippen molar-refractivity contribution in [2.45, 2.75) is 27.2 Å². The number of hydrogen-bond acceptors (Lipinski definition) is 2. The maximum atomic E-state index is 2.39. The lowest BCUT2D eigenvalue weighted by Crippen LogP contribution is -2.21. The summed E-state index contributed by atoms with van der Waals surface area (Å²) in [6, 6.07) is 8.70. The van der Waals surface area contributed by atoms with E-state index in [4.69, 9.17) is 0 Å². The Morgan fingerprint density at radius 3 is 2.40 bits per heavy atom. The molecule has 1 aliphatic carbocycles. The molecule has 76 valence electrons.